The molecular weight excluding hydrogens is 439 g/mol. The lowest BCUT2D eigenvalue weighted by molar-refractivity contribution is -0.106. The van der Waals surface area contributed by atoms with Gasteiger partial charge in [0.1, 0.15) is 17.9 Å². The highest BCUT2D eigenvalue weighted by Crippen LogP contribution is 2.39. The fourth-order valence-electron chi connectivity index (χ4n) is 3.02. The molecule has 0 fully saturated rings. The van der Waals surface area contributed by atoms with Gasteiger partial charge in [-0.2, -0.15) is 0 Å². The highest BCUT2D eigenvalue weighted by molar-refractivity contribution is 6.31. The van der Waals surface area contributed by atoms with Crippen LogP contribution in [0.2, 0.25) is 5.02 Å². The van der Waals surface area contributed by atoms with Gasteiger partial charge in [0.25, 0.3) is 0 Å². The Labute approximate surface area is 196 Å². The number of hydrogen-bond acceptors (Lipinski definition) is 2. The third-order valence-electron chi connectivity index (χ3n) is 4.36. The highest BCUT2D eigenvalue weighted by Gasteiger charge is 2.23. The van der Waals surface area contributed by atoms with Crippen LogP contribution in [0.15, 0.2) is 60.6 Å². The van der Waals surface area contributed by atoms with Crippen LogP contribution in [0.25, 0.3) is 0 Å². The topological polar surface area (TPSA) is 29.1 Å². The van der Waals surface area contributed by atoms with E-state index in [1.54, 1.807) is 18.3 Å². The lowest BCUT2D eigenvalue weighted by Crippen LogP contribution is -2.13. The van der Waals surface area contributed by atoms with Gasteiger partial charge in [0.05, 0.1) is 10.1 Å². The molecule has 0 heterocycles. The molecule has 0 unspecified atom stereocenters. The zero-order valence-electron chi connectivity index (χ0n) is 19.2. The van der Waals surface area contributed by atoms with E-state index in [1.807, 2.05) is 19.9 Å². The van der Waals surface area contributed by atoms with Gasteiger partial charge in [0, 0.05) is 5.69 Å². The van der Waals surface area contributed by atoms with Gasteiger partial charge in [-0.15, -0.1) is 0 Å². The molecule has 6 heteroatoms. The zero-order chi connectivity index (χ0) is 24.4. The van der Waals surface area contributed by atoms with Crippen molar-refractivity contribution >= 4 is 35.2 Å². The Bertz CT molecular complexity index is 745. The SMILES string of the molecule is C=CNc1cc(Cl)c(F)cc1[C@H](CC)[C@H](CC)C/C=C\C=C(\Cl)C(=C)F.CC.CC=O. The van der Waals surface area contributed by atoms with Crippen LogP contribution in [0.1, 0.15) is 65.4 Å². The summed E-state index contributed by atoms with van der Waals surface area (Å²) in [5.74, 6) is -0.680. The molecule has 1 N–H and O–H groups in total. The van der Waals surface area contributed by atoms with Crippen molar-refractivity contribution in [2.45, 2.75) is 59.8 Å². The minimum Gasteiger partial charge on any atom is -0.362 e. The molecule has 0 spiro atoms. The first-order valence-electron chi connectivity index (χ1n) is 10.4. The predicted molar refractivity (Wildman–Crippen MR) is 133 cm³/mol. The van der Waals surface area contributed by atoms with E-state index in [-0.39, 0.29) is 21.9 Å². The molecule has 0 bridgehead atoms. The van der Waals surface area contributed by atoms with Crippen LogP contribution in [0.5, 0.6) is 0 Å². The van der Waals surface area contributed by atoms with E-state index in [2.05, 4.69) is 32.3 Å². The van der Waals surface area contributed by atoms with Crippen molar-refractivity contribution < 1.29 is 13.6 Å². The Balaban J connectivity index is 0. The molecule has 2 atom stereocenters. The lowest BCUT2D eigenvalue weighted by atomic mass is 9.79. The zero-order valence-corrected chi connectivity index (χ0v) is 20.7. The summed E-state index contributed by atoms with van der Waals surface area (Å²) in [6.07, 6.45) is 9.95. The molecule has 2 nitrogen and oxygen atoms in total. The third kappa shape index (κ3) is 11.9. The first-order valence-corrected chi connectivity index (χ1v) is 11.2. The minimum absolute atomic E-state index is 0.0152. The van der Waals surface area contributed by atoms with E-state index in [0.29, 0.717) is 0 Å². The lowest BCUT2D eigenvalue weighted by Gasteiger charge is -2.27. The Morgan fingerprint density at radius 3 is 2.29 bits per heavy atom. The van der Waals surface area contributed by atoms with Crippen molar-refractivity contribution in [1.82, 2.24) is 0 Å². The van der Waals surface area contributed by atoms with Gasteiger partial charge in [-0.3, -0.25) is 0 Å². The molecule has 0 saturated heterocycles. The largest absolute Gasteiger partial charge is 0.362 e. The summed E-state index contributed by atoms with van der Waals surface area (Å²) in [4.78, 5) is 8.81. The summed E-state index contributed by atoms with van der Waals surface area (Å²) in [6.45, 7) is 16.4. The van der Waals surface area contributed by atoms with Crippen LogP contribution in [-0.4, -0.2) is 6.29 Å². The van der Waals surface area contributed by atoms with Crippen LogP contribution < -0.4 is 5.32 Å². The van der Waals surface area contributed by atoms with Crippen molar-refractivity contribution in [3.8, 4) is 0 Å². The molecule has 1 rings (SSSR count). The van der Waals surface area contributed by atoms with Crippen LogP contribution in [0.4, 0.5) is 14.5 Å². The molecule has 0 radical (unpaired) electrons. The summed E-state index contributed by atoms with van der Waals surface area (Å²) in [5, 5.41) is 3.11. The van der Waals surface area contributed by atoms with E-state index in [9.17, 15) is 8.78 Å². The molecule has 0 saturated carbocycles. The van der Waals surface area contributed by atoms with E-state index in [0.717, 1.165) is 36.8 Å². The van der Waals surface area contributed by atoms with Gasteiger partial charge in [-0.05, 0) is 61.6 Å². The van der Waals surface area contributed by atoms with E-state index < -0.39 is 11.6 Å². The first kappa shape index (κ1) is 31.3. The molecule has 0 aromatic heterocycles. The monoisotopic (exact) mass is 473 g/mol. The number of rotatable bonds is 10. The molecule has 31 heavy (non-hydrogen) atoms. The molecule has 0 aliphatic heterocycles. The maximum absolute atomic E-state index is 14.1. The van der Waals surface area contributed by atoms with Gasteiger partial charge in [0.2, 0.25) is 0 Å². The van der Waals surface area contributed by atoms with Crippen molar-refractivity contribution in [2.24, 2.45) is 5.92 Å². The second-order valence-electron chi connectivity index (χ2n) is 6.20. The van der Waals surface area contributed by atoms with Crippen LogP contribution >= 0.6 is 23.2 Å². The molecule has 0 aliphatic rings. The predicted octanol–water partition coefficient (Wildman–Crippen LogP) is 9.34. The van der Waals surface area contributed by atoms with Crippen LogP contribution in [0, 0.1) is 11.7 Å². The summed E-state index contributed by atoms with van der Waals surface area (Å²) in [7, 11) is 0. The maximum atomic E-state index is 14.1. The fraction of sp³-hybridized carbons (Fsp3) is 0.400. The number of hydrogen-bond donors (Lipinski definition) is 1. The quantitative estimate of drug-likeness (QED) is 0.270. The van der Waals surface area contributed by atoms with E-state index in [4.69, 9.17) is 28.0 Å². The number of halogens is 4. The molecular formula is C25H35Cl2F2NO. The van der Waals surface area contributed by atoms with Crippen molar-refractivity contribution in [3.63, 3.8) is 0 Å². The van der Waals surface area contributed by atoms with E-state index >= 15 is 0 Å². The van der Waals surface area contributed by atoms with Gasteiger partial charge in [-0.1, -0.05) is 82.6 Å². The standard InChI is InChI=1S/C21H25Cl2F2N.C2H4O.C2H6/c1-5-15(10-8-9-11-18(22)14(4)24)16(6-2)17-12-20(25)19(23)13-21(17)26-7-3;1-2-3;1-2/h7-9,11-13,15-16,26H,3-6,10H2,1-2H3;2H,1H3;1-2H3/b9-8-,18-11+;;/t15-,16-;;/m1../s1. The molecule has 1 aromatic rings. The smallest absolute Gasteiger partial charge is 0.142 e. The molecule has 0 aliphatic carbocycles. The Kier molecular flexibility index (Phi) is 19.0. The number of allylic oxidation sites excluding steroid dienone is 5. The summed E-state index contributed by atoms with van der Waals surface area (Å²) in [5.41, 5.74) is 1.64. The number of nitrogens with one attached hydrogen (secondary N) is 1. The average molecular weight is 474 g/mol. The van der Waals surface area contributed by atoms with Gasteiger partial charge < -0.3 is 10.1 Å². The summed E-state index contributed by atoms with van der Waals surface area (Å²) in [6, 6.07) is 3.09. The number of carbonyl (C=O) groups excluding carboxylic acids is 1. The number of aldehydes is 1. The normalized spacial score (nSPS) is 12.6. The second-order valence-corrected chi connectivity index (χ2v) is 7.02. The van der Waals surface area contributed by atoms with E-state index in [1.165, 1.54) is 19.1 Å². The molecule has 0 amide bonds. The summed E-state index contributed by atoms with van der Waals surface area (Å²) >= 11 is 11.6. The highest BCUT2D eigenvalue weighted by atomic mass is 35.5. The second kappa shape index (κ2) is 18.8. The van der Waals surface area contributed by atoms with Gasteiger partial charge in [-0.25, -0.2) is 8.78 Å². The Morgan fingerprint density at radius 2 is 1.84 bits per heavy atom. The minimum atomic E-state index is -0.661. The molecule has 1 aromatic carbocycles. The van der Waals surface area contributed by atoms with Gasteiger partial charge >= 0.3 is 0 Å². The summed E-state index contributed by atoms with van der Waals surface area (Å²) < 4.78 is 26.9. The Hall–Kier alpha value is -1.91. The van der Waals surface area contributed by atoms with Crippen LogP contribution in [0.3, 0.4) is 0 Å². The van der Waals surface area contributed by atoms with Crippen LogP contribution in [-0.2, 0) is 4.79 Å². The molecule has 174 valence electrons. The average Bonchev–Trinajstić information content (AvgIpc) is 2.75. The third-order valence-corrected chi connectivity index (χ3v) is 4.98. The van der Waals surface area contributed by atoms with Crippen molar-refractivity contribution in [2.75, 3.05) is 5.32 Å². The Morgan fingerprint density at radius 1 is 1.26 bits per heavy atom. The van der Waals surface area contributed by atoms with Crippen molar-refractivity contribution in [1.29, 1.82) is 0 Å². The number of carbonyl (C=O) groups is 1. The maximum Gasteiger partial charge on any atom is 0.142 e. The number of benzene rings is 1. The van der Waals surface area contributed by atoms with Gasteiger partial charge in [0.15, 0.2) is 0 Å². The number of anilines is 1. The van der Waals surface area contributed by atoms with Crippen molar-refractivity contribution in [3.05, 3.63) is 77.0 Å². The fourth-order valence-corrected chi connectivity index (χ4v) is 3.26. The first-order chi connectivity index (χ1) is 14.8.